The molecule has 3 rings (SSSR count). The third-order valence-corrected chi connectivity index (χ3v) is 3.73. The molecule has 0 atom stereocenters. The van der Waals surface area contributed by atoms with Gasteiger partial charge in [-0.2, -0.15) is 0 Å². The molecule has 3 aromatic rings. The first-order chi connectivity index (χ1) is 11.1. The Kier molecular flexibility index (Phi) is 4.20. The molecule has 6 nitrogen and oxygen atoms in total. The Bertz CT molecular complexity index is 826. The first-order valence-corrected chi connectivity index (χ1v) is 7.73. The summed E-state index contributed by atoms with van der Waals surface area (Å²) in [5.74, 6) is -0.347. The molecule has 0 spiro atoms. The second-order valence-corrected chi connectivity index (χ2v) is 5.51. The van der Waals surface area contributed by atoms with Gasteiger partial charge in [0.05, 0.1) is 11.8 Å². The van der Waals surface area contributed by atoms with Gasteiger partial charge in [-0.25, -0.2) is 4.98 Å². The fourth-order valence-electron chi connectivity index (χ4n) is 1.99. The van der Waals surface area contributed by atoms with E-state index in [1.165, 1.54) is 17.6 Å². The summed E-state index contributed by atoms with van der Waals surface area (Å²) >= 11 is 1.36. The summed E-state index contributed by atoms with van der Waals surface area (Å²) in [6.07, 6.45) is 1.44. The standard InChI is InChI=1S/C16H13N3O3S/c1-10-7-11(18-15(20)13-8-23-9-17-13)4-5-12(10)19-16(21)14-3-2-6-22-14/h2-9H,1H3,(H,18,20)(H,19,21). The highest BCUT2D eigenvalue weighted by Gasteiger charge is 2.12. The van der Waals surface area contributed by atoms with Crippen LogP contribution in [0.25, 0.3) is 0 Å². The van der Waals surface area contributed by atoms with E-state index in [4.69, 9.17) is 4.42 Å². The van der Waals surface area contributed by atoms with E-state index in [0.717, 1.165) is 5.56 Å². The number of nitrogens with zero attached hydrogens (tertiary/aromatic N) is 1. The lowest BCUT2D eigenvalue weighted by Crippen LogP contribution is -2.14. The van der Waals surface area contributed by atoms with Gasteiger partial charge < -0.3 is 15.1 Å². The molecule has 2 amide bonds. The Morgan fingerprint density at radius 3 is 2.70 bits per heavy atom. The number of thiazole rings is 1. The molecule has 2 aromatic heterocycles. The largest absolute Gasteiger partial charge is 0.459 e. The van der Waals surface area contributed by atoms with Crippen LogP contribution in [0, 0.1) is 6.92 Å². The van der Waals surface area contributed by atoms with Crippen LogP contribution in [0.5, 0.6) is 0 Å². The number of amides is 2. The number of rotatable bonds is 4. The van der Waals surface area contributed by atoms with Gasteiger partial charge in [-0.05, 0) is 42.8 Å². The van der Waals surface area contributed by atoms with Crippen molar-refractivity contribution in [3.63, 3.8) is 0 Å². The van der Waals surface area contributed by atoms with Crippen molar-refractivity contribution in [1.82, 2.24) is 4.98 Å². The Morgan fingerprint density at radius 1 is 1.17 bits per heavy atom. The molecule has 0 aliphatic carbocycles. The number of hydrogen-bond donors (Lipinski definition) is 2. The molecule has 0 fully saturated rings. The molecule has 1 aromatic carbocycles. The monoisotopic (exact) mass is 327 g/mol. The van der Waals surface area contributed by atoms with Gasteiger partial charge in [-0.1, -0.05) is 0 Å². The van der Waals surface area contributed by atoms with Gasteiger partial charge in [-0.15, -0.1) is 11.3 Å². The van der Waals surface area contributed by atoms with Crippen molar-refractivity contribution in [3.8, 4) is 0 Å². The maximum atomic E-state index is 12.0. The molecule has 0 radical (unpaired) electrons. The summed E-state index contributed by atoms with van der Waals surface area (Å²) < 4.78 is 5.05. The lowest BCUT2D eigenvalue weighted by Gasteiger charge is -2.10. The highest BCUT2D eigenvalue weighted by molar-refractivity contribution is 7.07. The fourth-order valence-corrected chi connectivity index (χ4v) is 2.53. The molecule has 0 saturated heterocycles. The van der Waals surface area contributed by atoms with Crippen LogP contribution in [0.15, 0.2) is 51.9 Å². The Morgan fingerprint density at radius 2 is 2.04 bits per heavy atom. The summed E-state index contributed by atoms with van der Waals surface area (Å²) in [7, 11) is 0. The molecular weight excluding hydrogens is 314 g/mol. The quantitative estimate of drug-likeness (QED) is 0.767. The first kappa shape index (κ1) is 15.0. The third-order valence-electron chi connectivity index (χ3n) is 3.14. The van der Waals surface area contributed by atoms with Gasteiger partial charge in [-0.3, -0.25) is 9.59 Å². The van der Waals surface area contributed by atoms with Crippen molar-refractivity contribution in [2.75, 3.05) is 10.6 Å². The summed E-state index contributed by atoms with van der Waals surface area (Å²) in [6, 6.07) is 8.47. The van der Waals surface area contributed by atoms with Crippen LogP contribution in [-0.4, -0.2) is 16.8 Å². The van der Waals surface area contributed by atoms with E-state index in [-0.39, 0.29) is 17.6 Å². The van der Waals surface area contributed by atoms with Crippen LogP contribution in [0.3, 0.4) is 0 Å². The van der Waals surface area contributed by atoms with E-state index in [1.54, 1.807) is 41.2 Å². The van der Waals surface area contributed by atoms with Crippen LogP contribution >= 0.6 is 11.3 Å². The van der Waals surface area contributed by atoms with Gasteiger partial charge in [0.15, 0.2) is 5.76 Å². The zero-order valence-electron chi connectivity index (χ0n) is 12.2. The number of anilines is 2. The van der Waals surface area contributed by atoms with E-state index in [0.29, 0.717) is 17.1 Å². The van der Waals surface area contributed by atoms with E-state index in [9.17, 15) is 9.59 Å². The molecule has 7 heteroatoms. The number of hydrogen-bond acceptors (Lipinski definition) is 5. The summed E-state index contributed by atoms with van der Waals surface area (Å²) in [4.78, 5) is 27.9. The minimum Gasteiger partial charge on any atom is -0.459 e. The average molecular weight is 327 g/mol. The smallest absolute Gasteiger partial charge is 0.291 e. The predicted molar refractivity (Wildman–Crippen MR) is 87.9 cm³/mol. The van der Waals surface area contributed by atoms with Crippen LogP contribution in [0.1, 0.15) is 26.6 Å². The average Bonchev–Trinajstić information content (AvgIpc) is 3.23. The van der Waals surface area contributed by atoms with Crippen LogP contribution in [0.2, 0.25) is 0 Å². The second-order valence-electron chi connectivity index (χ2n) is 4.79. The molecule has 0 aliphatic heterocycles. The highest BCUT2D eigenvalue weighted by atomic mass is 32.1. The predicted octanol–water partition coefficient (Wildman–Crippen LogP) is 3.55. The van der Waals surface area contributed by atoms with Gasteiger partial charge in [0.1, 0.15) is 5.69 Å². The van der Waals surface area contributed by atoms with Crippen molar-refractivity contribution >= 4 is 34.5 Å². The molecular formula is C16H13N3O3S. The van der Waals surface area contributed by atoms with Crippen LogP contribution in [0.4, 0.5) is 11.4 Å². The number of aryl methyl sites for hydroxylation is 1. The van der Waals surface area contributed by atoms with Gasteiger partial charge in [0.25, 0.3) is 11.8 Å². The summed E-state index contributed by atoms with van der Waals surface area (Å²) in [6.45, 7) is 1.84. The van der Waals surface area contributed by atoms with Crippen molar-refractivity contribution < 1.29 is 14.0 Å². The maximum absolute atomic E-state index is 12.0. The maximum Gasteiger partial charge on any atom is 0.291 e. The Labute approximate surface area is 136 Å². The molecule has 2 N–H and O–H groups in total. The van der Waals surface area contributed by atoms with Crippen molar-refractivity contribution in [1.29, 1.82) is 0 Å². The first-order valence-electron chi connectivity index (χ1n) is 6.78. The van der Waals surface area contributed by atoms with E-state index < -0.39 is 0 Å². The molecule has 2 heterocycles. The zero-order chi connectivity index (χ0) is 16.2. The lowest BCUT2D eigenvalue weighted by atomic mass is 10.1. The zero-order valence-corrected chi connectivity index (χ0v) is 13.0. The minimum atomic E-state index is -0.322. The molecule has 23 heavy (non-hydrogen) atoms. The third kappa shape index (κ3) is 3.46. The number of carbonyl (C=O) groups excluding carboxylic acids is 2. The number of nitrogens with one attached hydrogen (secondary N) is 2. The number of furan rings is 1. The second kappa shape index (κ2) is 6.45. The topological polar surface area (TPSA) is 84.2 Å². The molecule has 0 bridgehead atoms. The highest BCUT2D eigenvalue weighted by Crippen LogP contribution is 2.21. The SMILES string of the molecule is Cc1cc(NC(=O)c2cscn2)ccc1NC(=O)c1ccco1. The number of aromatic nitrogens is 1. The lowest BCUT2D eigenvalue weighted by molar-refractivity contribution is 0.0994. The van der Waals surface area contributed by atoms with E-state index in [2.05, 4.69) is 15.6 Å². The Hall–Kier alpha value is -2.93. The normalized spacial score (nSPS) is 10.3. The van der Waals surface area contributed by atoms with Crippen molar-refractivity contribution in [3.05, 3.63) is 64.5 Å². The Balaban J connectivity index is 1.71. The summed E-state index contributed by atoms with van der Waals surface area (Å²) in [5, 5.41) is 7.21. The van der Waals surface area contributed by atoms with E-state index >= 15 is 0 Å². The van der Waals surface area contributed by atoms with Gasteiger partial charge >= 0.3 is 0 Å². The molecule has 116 valence electrons. The molecule has 0 saturated carbocycles. The summed E-state index contributed by atoms with van der Waals surface area (Å²) in [5.41, 5.74) is 4.09. The molecule has 0 aliphatic rings. The van der Waals surface area contributed by atoms with Crippen LogP contribution in [-0.2, 0) is 0 Å². The van der Waals surface area contributed by atoms with E-state index in [1.807, 2.05) is 6.92 Å². The number of benzene rings is 1. The van der Waals surface area contributed by atoms with Crippen LogP contribution < -0.4 is 10.6 Å². The fraction of sp³-hybridized carbons (Fsp3) is 0.0625. The van der Waals surface area contributed by atoms with Gasteiger partial charge in [0.2, 0.25) is 0 Å². The minimum absolute atomic E-state index is 0.241. The van der Waals surface area contributed by atoms with Crippen molar-refractivity contribution in [2.24, 2.45) is 0 Å². The number of carbonyl (C=O) groups is 2. The van der Waals surface area contributed by atoms with Gasteiger partial charge in [0, 0.05) is 16.8 Å². The molecule has 0 unspecified atom stereocenters. The van der Waals surface area contributed by atoms with Crippen molar-refractivity contribution in [2.45, 2.75) is 6.92 Å².